The number of ether oxygens (including phenoxy) is 2. The molecule has 120 valence electrons. The van der Waals surface area contributed by atoms with Crippen LogP contribution in [-0.2, 0) is 0 Å². The highest BCUT2D eigenvalue weighted by Gasteiger charge is 2.16. The normalized spacial score (nSPS) is 12.7. The van der Waals surface area contributed by atoms with E-state index in [1.807, 2.05) is 0 Å². The Kier molecular flexibility index (Phi) is 4.50. The van der Waals surface area contributed by atoms with Crippen LogP contribution in [0.25, 0.3) is 0 Å². The SMILES string of the molecule is CN(C(=O)Nc1ccc2c(c1)OCCO2)c1ccc(Cl)cc1Cl. The van der Waals surface area contributed by atoms with E-state index < -0.39 is 0 Å². The fourth-order valence-electron chi connectivity index (χ4n) is 2.19. The van der Waals surface area contributed by atoms with Crippen molar-refractivity contribution in [1.29, 1.82) is 0 Å². The summed E-state index contributed by atoms with van der Waals surface area (Å²) in [6, 6.07) is 9.87. The van der Waals surface area contributed by atoms with Crippen LogP contribution in [0.15, 0.2) is 36.4 Å². The fourth-order valence-corrected chi connectivity index (χ4v) is 2.73. The molecular weight excluding hydrogens is 339 g/mol. The third-order valence-corrected chi connectivity index (χ3v) is 3.91. The van der Waals surface area contributed by atoms with Gasteiger partial charge in [-0.05, 0) is 30.3 Å². The fraction of sp³-hybridized carbons (Fsp3) is 0.188. The van der Waals surface area contributed by atoms with E-state index in [-0.39, 0.29) is 6.03 Å². The number of carbonyl (C=O) groups is 1. The zero-order valence-electron chi connectivity index (χ0n) is 12.3. The Hall–Kier alpha value is -2.11. The van der Waals surface area contributed by atoms with E-state index in [1.54, 1.807) is 43.4 Å². The zero-order valence-corrected chi connectivity index (χ0v) is 13.8. The first kappa shape index (κ1) is 15.8. The minimum atomic E-state index is -0.328. The Bertz CT molecular complexity index is 752. The summed E-state index contributed by atoms with van der Waals surface area (Å²) in [5, 5.41) is 3.71. The summed E-state index contributed by atoms with van der Waals surface area (Å²) < 4.78 is 10.9. The molecule has 1 aliphatic rings. The molecule has 7 heteroatoms. The number of hydrogen-bond donors (Lipinski definition) is 1. The molecule has 2 amide bonds. The second-order valence-corrected chi connectivity index (χ2v) is 5.79. The molecule has 0 aromatic heterocycles. The molecule has 0 saturated carbocycles. The van der Waals surface area contributed by atoms with Crippen molar-refractivity contribution < 1.29 is 14.3 Å². The predicted octanol–water partition coefficient (Wildman–Crippen LogP) is 4.43. The maximum absolute atomic E-state index is 12.4. The van der Waals surface area contributed by atoms with Crippen molar-refractivity contribution >= 4 is 40.6 Å². The number of nitrogens with zero attached hydrogens (tertiary/aromatic N) is 1. The number of fused-ring (bicyclic) bond motifs is 1. The first-order valence-electron chi connectivity index (χ1n) is 6.94. The topological polar surface area (TPSA) is 50.8 Å². The van der Waals surface area contributed by atoms with Crippen LogP contribution < -0.4 is 19.7 Å². The Morgan fingerprint density at radius 1 is 1.09 bits per heavy atom. The van der Waals surface area contributed by atoms with Crippen LogP contribution in [0.1, 0.15) is 0 Å². The molecule has 0 unspecified atom stereocenters. The molecule has 2 aromatic rings. The lowest BCUT2D eigenvalue weighted by Crippen LogP contribution is -2.31. The van der Waals surface area contributed by atoms with Crippen molar-refractivity contribution in [2.45, 2.75) is 0 Å². The molecule has 0 fully saturated rings. The zero-order chi connectivity index (χ0) is 16.4. The highest BCUT2D eigenvalue weighted by molar-refractivity contribution is 6.36. The van der Waals surface area contributed by atoms with Gasteiger partial charge in [0, 0.05) is 23.8 Å². The van der Waals surface area contributed by atoms with E-state index in [1.165, 1.54) is 4.90 Å². The standard InChI is InChI=1S/C16H14Cl2N2O3/c1-20(13-4-2-10(17)8-12(13)18)16(21)19-11-3-5-14-15(9-11)23-7-6-22-14/h2-5,8-9H,6-7H2,1H3,(H,19,21). The Balaban J connectivity index is 1.75. The quantitative estimate of drug-likeness (QED) is 0.869. The van der Waals surface area contributed by atoms with Crippen LogP contribution >= 0.6 is 23.2 Å². The highest BCUT2D eigenvalue weighted by Crippen LogP contribution is 2.33. The van der Waals surface area contributed by atoms with E-state index in [0.29, 0.717) is 46.1 Å². The predicted molar refractivity (Wildman–Crippen MR) is 91.3 cm³/mol. The van der Waals surface area contributed by atoms with Gasteiger partial charge in [-0.2, -0.15) is 0 Å². The Morgan fingerprint density at radius 3 is 2.57 bits per heavy atom. The number of nitrogens with one attached hydrogen (secondary N) is 1. The number of rotatable bonds is 2. The highest BCUT2D eigenvalue weighted by atomic mass is 35.5. The summed E-state index contributed by atoms with van der Waals surface area (Å²) in [7, 11) is 1.63. The minimum absolute atomic E-state index is 0.328. The van der Waals surface area contributed by atoms with Gasteiger partial charge < -0.3 is 14.8 Å². The lowest BCUT2D eigenvalue weighted by molar-refractivity contribution is 0.171. The molecule has 1 N–H and O–H groups in total. The molecule has 0 radical (unpaired) electrons. The van der Waals surface area contributed by atoms with E-state index in [4.69, 9.17) is 32.7 Å². The number of amides is 2. The summed E-state index contributed by atoms with van der Waals surface area (Å²) in [4.78, 5) is 13.8. The van der Waals surface area contributed by atoms with Gasteiger partial charge in [0.1, 0.15) is 13.2 Å². The third-order valence-electron chi connectivity index (χ3n) is 3.37. The number of urea groups is 1. The van der Waals surface area contributed by atoms with Gasteiger partial charge in [0.15, 0.2) is 11.5 Å². The van der Waals surface area contributed by atoms with Gasteiger partial charge in [0.2, 0.25) is 0 Å². The lowest BCUT2D eigenvalue weighted by Gasteiger charge is -2.21. The Labute approximate surface area is 143 Å². The lowest BCUT2D eigenvalue weighted by atomic mass is 10.2. The number of hydrogen-bond acceptors (Lipinski definition) is 3. The summed E-state index contributed by atoms with van der Waals surface area (Å²) in [5.41, 5.74) is 1.17. The molecule has 0 spiro atoms. The van der Waals surface area contributed by atoms with Crippen molar-refractivity contribution in [3.63, 3.8) is 0 Å². The molecule has 0 saturated heterocycles. The second kappa shape index (κ2) is 6.56. The average molecular weight is 353 g/mol. The van der Waals surface area contributed by atoms with Crippen LogP contribution in [0.2, 0.25) is 10.0 Å². The summed E-state index contributed by atoms with van der Waals surface area (Å²) in [6.45, 7) is 1.02. The maximum Gasteiger partial charge on any atom is 0.326 e. The van der Waals surface area contributed by atoms with Gasteiger partial charge >= 0.3 is 6.03 Å². The number of carbonyl (C=O) groups excluding carboxylic acids is 1. The van der Waals surface area contributed by atoms with Gasteiger partial charge in [0.05, 0.1) is 10.7 Å². The van der Waals surface area contributed by atoms with E-state index in [0.717, 1.165) is 0 Å². The smallest absolute Gasteiger partial charge is 0.326 e. The van der Waals surface area contributed by atoms with Gasteiger partial charge in [-0.15, -0.1) is 0 Å². The molecule has 23 heavy (non-hydrogen) atoms. The Morgan fingerprint density at radius 2 is 1.83 bits per heavy atom. The second-order valence-electron chi connectivity index (χ2n) is 4.94. The summed E-state index contributed by atoms with van der Waals surface area (Å²) in [5.74, 6) is 1.28. The van der Waals surface area contributed by atoms with Crippen molar-refractivity contribution in [2.75, 3.05) is 30.5 Å². The summed E-state index contributed by atoms with van der Waals surface area (Å²) >= 11 is 12.0. The molecule has 0 aliphatic carbocycles. The largest absolute Gasteiger partial charge is 0.486 e. The van der Waals surface area contributed by atoms with Crippen molar-refractivity contribution in [3.05, 3.63) is 46.4 Å². The van der Waals surface area contributed by atoms with Crippen LogP contribution in [0.4, 0.5) is 16.2 Å². The molecule has 1 heterocycles. The molecule has 0 bridgehead atoms. The number of benzene rings is 2. The molecule has 2 aromatic carbocycles. The molecule has 0 atom stereocenters. The maximum atomic E-state index is 12.4. The van der Waals surface area contributed by atoms with Crippen LogP contribution in [-0.4, -0.2) is 26.3 Å². The molecule has 1 aliphatic heterocycles. The first-order chi connectivity index (χ1) is 11.0. The first-order valence-corrected chi connectivity index (χ1v) is 7.69. The van der Waals surface area contributed by atoms with Crippen LogP contribution in [0.3, 0.4) is 0 Å². The van der Waals surface area contributed by atoms with Gasteiger partial charge in [-0.3, -0.25) is 4.90 Å². The van der Waals surface area contributed by atoms with Gasteiger partial charge in [-0.25, -0.2) is 4.79 Å². The van der Waals surface area contributed by atoms with Crippen molar-refractivity contribution in [2.24, 2.45) is 0 Å². The number of halogens is 2. The van der Waals surface area contributed by atoms with Crippen molar-refractivity contribution in [3.8, 4) is 11.5 Å². The van der Waals surface area contributed by atoms with Crippen LogP contribution in [0.5, 0.6) is 11.5 Å². The van der Waals surface area contributed by atoms with Gasteiger partial charge in [-0.1, -0.05) is 23.2 Å². The van der Waals surface area contributed by atoms with Crippen molar-refractivity contribution in [1.82, 2.24) is 0 Å². The molecular formula is C16H14Cl2N2O3. The van der Waals surface area contributed by atoms with E-state index in [2.05, 4.69) is 5.32 Å². The summed E-state index contributed by atoms with van der Waals surface area (Å²) in [6.07, 6.45) is 0. The average Bonchev–Trinajstić information content (AvgIpc) is 2.54. The van der Waals surface area contributed by atoms with E-state index >= 15 is 0 Å². The number of anilines is 2. The van der Waals surface area contributed by atoms with Gasteiger partial charge in [0.25, 0.3) is 0 Å². The molecule has 5 nitrogen and oxygen atoms in total. The van der Waals surface area contributed by atoms with Crippen LogP contribution in [0, 0.1) is 0 Å². The monoisotopic (exact) mass is 352 g/mol. The minimum Gasteiger partial charge on any atom is -0.486 e. The van der Waals surface area contributed by atoms with E-state index in [9.17, 15) is 4.79 Å². The third kappa shape index (κ3) is 3.46. The molecule has 3 rings (SSSR count).